The number of rotatable bonds is 10. The molecule has 0 saturated heterocycles. The highest BCUT2D eigenvalue weighted by molar-refractivity contribution is 7.85. The zero-order chi connectivity index (χ0) is 11.5. The molecule has 0 amide bonds. The van der Waals surface area contributed by atoms with E-state index in [9.17, 15) is 4.21 Å². The predicted octanol–water partition coefficient (Wildman–Crippen LogP) is 2.32. The zero-order valence-electron chi connectivity index (χ0n) is 10.2. The minimum Gasteiger partial charge on any atom is -0.352 e. The van der Waals surface area contributed by atoms with Gasteiger partial charge >= 0.3 is 0 Å². The number of unbranched alkanes of at least 4 members (excludes halogenated alkanes) is 2. The molecule has 0 radical (unpaired) electrons. The van der Waals surface area contributed by atoms with Crippen molar-refractivity contribution in [3.8, 4) is 0 Å². The Morgan fingerprint density at radius 3 is 2.13 bits per heavy atom. The quantitative estimate of drug-likeness (QED) is 0.431. The van der Waals surface area contributed by atoms with Crippen LogP contribution in [0.4, 0.5) is 0 Å². The first-order valence-electron chi connectivity index (χ1n) is 5.82. The van der Waals surface area contributed by atoms with Gasteiger partial charge in [-0.15, -0.1) is 0 Å². The average Bonchev–Trinajstić information content (AvgIpc) is 2.19. The van der Waals surface area contributed by atoms with Gasteiger partial charge in [-0.05, 0) is 20.3 Å². The van der Waals surface area contributed by atoms with Crippen molar-refractivity contribution in [1.29, 1.82) is 0 Å². The summed E-state index contributed by atoms with van der Waals surface area (Å²) in [6.07, 6.45) is 3.06. The van der Waals surface area contributed by atoms with Gasteiger partial charge in [-0.2, -0.15) is 0 Å². The molecule has 0 spiro atoms. The van der Waals surface area contributed by atoms with Gasteiger partial charge in [-0.25, -0.2) is 0 Å². The molecule has 0 aromatic carbocycles. The van der Waals surface area contributed by atoms with Crippen molar-refractivity contribution in [2.24, 2.45) is 0 Å². The molecule has 0 aromatic rings. The van der Waals surface area contributed by atoms with Crippen LogP contribution >= 0.6 is 0 Å². The van der Waals surface area contributed by atoms with E-state index in [0.717, 1.165) is 25.0 Å². The lowest BCUT2D eigenvalue weighted by Crippen LogP contribution is -2.25. The number of hydrogen-bond donors (Lipinski definition) is 0. The lowest BCUT2D eigenvalue weighted by atomic mass is 10.3. The van der Waals surface area contributed by atoms with Gasteiger partial charge in [0.2, 0.25) is 0 Å². The van der Waals surface area contributed by atoms with Crippen molar-refractivity contribution >= 4 is 10.8 Å². The Balaban J connectivity index is 3.67. The third-order valence-corrected chi connectivity index (χ3v) is 3.39. The summed E-state index contributed by atoms with van der Waals surface area (Å²) in [5.74, 6) is 1.27. The maximum Gasteiger partial charge on any atom is 0.168 e. The van der Waals surface area contributed by atoms with E-state index >= 15 is 0 Å². The van der Waals surface area contributed by atoms with Crippen LogP contribution in [0.3, 0.4) is 0 Å². The molecular weight excluding hydrogens is 212 g/mol. The third-order valence-electron chi connectivity index (χ3n) is 2.00. The Labute approximate surface area is 96.0 Å². The molecule has 1 atom stereocenters. The molecule has 0 aliphatic rings. The Hall–Kier alpha value is 0.0700. The Bertz CT molecular complexity index is 156. The topological polar surface area (TPSA) is 35.5 Å². The van der Waals surface area contributed by atoms with Gasteiger partial charge in [0.1, 0.15) is 0 Å². The molecule has 0 heterocycles. The van der Waals surface area contributed by atoms with Crippen molar-refractivity contribution in [2.45, 2.75) is 46.3 Å². The minimum absolute atomic E-state index is 0.289. The summed E-state index contributed by atoms with van der Waals surface area (Å²) in [5, 5.41) is 0. The van der Waals surface area contributed by atoms with E-state index in [2.05, 4.69) is 6.92 Å². The summed E-state index contributed by atoms with van der Waals surface area (Å²) in [5.41, 5.74) is 0. The van der Waals surface area contributed by atoms with Gasteiger partial charge in [-0.1, -0.05) is 19.8 Å². The second kappa shape index (κ2) is 10.6. The van der Waals surface area contributed by atoms with Crippen molar-refractivity contribution in [2.75, 3.05) is 24.7 Å². The summed E-state index contributed by atoms with van der Waals surface area (Å²) >= 11 is 0. The summed E-state index contributed by atoms with van der Waals surface area (Å²) in [6, 6.07) is 0. The molecular formula is C11H24O3S. The predicted molar refractivity (Wildman–Crippen MR) is 64.4 cm³/mol. The largest absolute Gasteiger partial charge is 0.352 e. The molecule has 0 bridgehead atoms. The van der Waals surface area contributed by atoms with E-state index < -0.39 is 10.8 Å². The van der Waals surface area contributed by atoms with Crippen LogP contribution in [0.5, 0.6) is 0 Å². The minimum atomic E-state index is -0.805. The summed E-state index contributed by atoms with van der Waals surface area (Å²) in [6.45, 7) is 7.21. The van der Waals surface area contributed by atoms with Gasteiger partial charge in [0.15, 0.2) is 6.29 Å². The average molecular weight is 236 g/mol. The Morgan fingerprint density at radius 1 is 1.07 bits per heavy atom. The molecule has 15 heavy (non-hydrogen) atoms. The monoisotopic (exact) mass is 236 g/mol. The van der Waals surface area contributed by atoms with Crippen LogP contribution in [-0.2, 0) is 20.3 Å². The standard InChI is InChI=1S/C11H24O3S/c1-4-7-8-9-15(12)10-11(13-5-2)14-6-3/h11H,4-10H2,1-3H3. The highest BCUT2D eigenvalue weighted by Gasteiger charge is 2.12. The van der Waals surface area contributed by atoms with Crippen LogP contribution in [0.2, 0.25) is 0 Å². The molecule has 0 saturated carbocycles. The molecule has 0 fully saturated rings. The molecule has 0 aliphatic heterocycles. The lowest BCUT2D eigenvalue weighted by molar-refractivity contribution is -0.120. The lowest BCUT2D eigenvalue weighted by Gasteiger charge is -2.16. The summed E-state index contributed by atoms with van der Waals surface area (Å²) in [7, 11) is -0.805. The summed E-state index contributed by atoms with van der Waals surface area (Å²) < 4.78 is 22.3. The normalized spacial score (nSPS) is 13.3. The highest BCUT2D eigenvalue weighted by Crippen LogP contribution is 2.02. The fraction of sp³-hybridized carbons (Fsp3) is 1.00. The smallest absolute Gasteiger partial charge is 0.168 e. The summed E-state index contributed by atoms with van der Waals surface area (Å²) in [4.78, 5) is 0. The second-order valence-corrected chi connectivity index (χ2v) is 4.98. The van der Waals surface area contributed by atoms with E-state index in [-0.39, 0.29) is 6.29 Å². The fourth-order valence-electron chi connectivity index (χ4n) is 1.26. The van der Waals surface area contributed by atoms with Crippen molar-refractivity contribution in [1.82, 2.24) is 0 Å². The maximum atomic E-state index is 11.6. The fourth-order valence-corrected chi connectivity index (χ4v) is 2.45. The van der Waals surface area contributed by atoms with Crippen LogP contribution < -0.4 is 0 Å². The first-order valence-corrected chi connectivity index (χ1v) is 7.31. The highest BCUT2D eigenvalue weighted by atomic mass is 32.2. The van der Waals surface area contributed by atoms with Gasteiger partial charge < -0.3 is 9.47 Å². The van der Waals surface area contributed by atoms with E-state index in [4.69, 9.17) is 9.47 Å². The Morgan fingerprint density at radius 2 is 1.67 bits per heavy atom. The van der Waals surface area contributed by atoms with E-state index in [1.54, 1.807) is 0 Å². The van der Waals surface area contributed by atoms with E-state index in [0.29, 0.717) is 19.0 Å². The maximum absolute atomic E-state index is 11.6. The third kappa shape index (κ3) is 9.03. The van der Waals surface area contributed by atoms with Gasteiger partial charge in [0, 0.05) is 29.8 Å². The molecule has 4 heteroatoms. The first-order chi connectivity index (χ1) is 7.24. The number of hydrogen-bond acceptors (Lipinski definition) is 3. The van der Waals surface area contributed by atoms with E-state index in [1.807, 2.05) is 13.8 Å². The van der Waals surface area contributed by atoms with Gasteiger partial charge in [0.05, 0.1) is 5.75 Å². The SMILES string of the molecule is CCCCCS(=O)CC(OCC)OCC. The van der Waals surface area contributed by atoms with Crippen LogP contribution in [0.25, 0.3) is 0 Å². The van der Waals surface area contributed by atoms with Crippen LogP contribution in [-0.4, -0.2) is 35.2 Å². The van der Waals surface area contributed by atoms with Gasteiger partial charge in [-0.3, -0.25) is 4.21 Å². The molecule has 0 aromatic heterocycles. The van der Waals surface area contributed by atoms with Crippen LogP contribution in [0.1, 0.15) is 40.0 Å². The molecule has 3 nitrogen and oxygen atoms in total. The Kier molecular flexibility index (Phi) is 10.6. The molecule has 1 unspecified atom stereocenters. The van der Waals surface area contributed by atoms with Crippen molar-refractivity contribution in [3.63, 3.8) is 0 Å². The first kappa shape index (κ1) is 15.1. The van der Waals surface area contributed by atoms with Crippen molar-refractivity contribution in [3.05, 3.63) is 0 Å². The zero-order valence-corrected chi connectivity index (χ0v) is 11.0. The molecule has 0 rings (SSSR count). The molecule has 92 valence electrons. The van der Waals surface area contributed by atoms with Crippen LogP contribution in [0.15, 0.2) is 0 Å². The second-order valence-electron chi connectivity index (χ2n) is 3.36. The number of ether oxygens (including phenoxy) is 2. The molecule has 0 N–H and O–H groups in total. The van der Waals surface area contributed by atoms with Crippen LogP contribution in [0, 0.1) is 0 Å². The molecule has 0 aliphatic carbocycles. The van der Waals surface area contributed by atoms with E-state index in [1.165, 1.54) is 0 Å². The van der Waals surface area contributed by atoms with Crippen molar-refractivity contribution < 1.29 is 13.7 Å². The van der Waals surface area contributed by atoms with Gasteiger partial charge in [0.25, 0.3) is 0 Å².